The second-order valence-electron chi connectivity index (χ2n) is 3.44. The molecule has 2 atom stereocenters. The maximum absolute atomic E-state index is 9.55. The summed E-state index contributed by atoms with van der Waals surface area (Å²) in [6.45, 7) is 0. The minimum atomic E-state index is -0.425. The van der Waals surface area contributed by atoms with E-state index in [1.807, 2.05) is 18.2 Å². The number of nitrogens with two attached hydrogens (primary N) is 1. The second kappa shape index (κ2) is 3.29. The highest BCUT2D eigenvalue weighted by Gasteiger charge is 2.25. The van der Waals surface area contributed by atoms with E-state index in [-0.39, 0.29) is 6.04 Å². The van der Waals surface area contributed by atoms with Gasteiger partial charge in [-0.25, -0.2) is 0 Å². The fraction of sp³-hybridized carbons (Fsp3) is 0.400. The van der Waals surface area contributed by atoms with E-state index in [9.17, 15) is 5.11 Å². The Hall–Kier alpha value is -0.570. The standard InChI is InChI=1S/C10H12ClNO/c11-8-3-1-2-7-6(8)4-5-9(13)10(7)12/h1-3,9-10,13H,4-5,12H2. The van der Waals surface area contributed by atoms with Gasteiger partial charge in [0.25, 0.3) is 0 Å². The molecule has 0 spiro atoms. The fourth-order valence-corrected chi connectivity index (χ4v) is 2.11. The van der Waals surface area contributed by atoms with Crippen molar-refractivity contribution in [3.05, 3.63) is 34.3 Å². The molecule has 0 saturated carbocycles. The van der Waals surface area contributed by atoms with Crippen molar-refractivity contribution in [2.75, 3.05) is 0 Å². The van der Waals surface area contributed by atoms with E-state index in [1.54, 1.807) is 0 Å². The number of hydrogen-bond acceptors (Lipinski definition) is 2. The lowest BCUT2D eigenvalue weighted by atomic mass is 9.86. The first kappa shape index (κ1) is 9.00. The molecule has 0 fully saturated rings. The molecule has 0 bridgehead atoms. The summed E-state index contributed by atoms with van der Waals surface area (Å²) < 4.78 is 0. The molecule has 0 radical (unpaired) electrons. The SMILES string of the molecule is NC1c2cccc(Cl)c2CCC1O. The second-order valence-corrected chi connectivity index (χ2v) is 3.85. The fourth-order valence-electron chi connectivity index (χ4n) is 1.83. The third-order valence-corrected chi connectivity index (χ3v) is 2.97. The lowest BCUT2D eigenvalue weighted by Gasteiger charge is -2.27. The van der Waals surface area contributed by atoms with Gasteiger partial charge in [0.05, 0.1) is 12.1 Å². The molecule has 2 nitrogen and oxygen atoms in total. The minimum absolute atomic E-state index is 0.276. The van der Waals surface area contributed by atoms with Crippen molar-refractivity contribution in [2.45, 2.75) is 25.0 Å². The Balaban J connectivity index is 2.49. The summed E-state index contributed by atoms with van der Waals surface area (Å²) in [4.78, 5) is 0. The van der Waals surface area contributed by atoms with Crippen LogP contribution in [0.2, 0.25) is 5.02 Å². The first-order valence-electron chi connectivity index (χ1n) is 4.41. The van der Waals surface area contributed by atoms with Gasteiger partial charge in [-0.05, 0) is 30.0 Å². The summed E-state index contributed by atoms with van der Waals surface area (Å²) in [7, 11) is 0. The van der Waals surface area contributed by atoms with E-state index in [0.717, 1.165) is 22.6 Å². The quantitative estimate of drug-likeness (QED) is 0.665. The summed E-state index contributed by atoms with van der Waals surface area (Å²) in [5.41, 5.74) is 7.94. The third kappa shape index (κ3) is 1.46. The maximum Gasteiger partial charge on any atom is 0.0736 e. The average Bonchev–Trinajstić information content (AvgIpc) is 2.12. The molecule has 70 valence electrons. The smallest absolute Gasteiger partial charge is 0.0736 e. The first-order valence-corrected chi connectivity index (χ1v) is 4.79. The number of aliphatic hydroxyl groups is 1. The number of rotatable bonds is 0. The largest absolute Gasteiger partial charge is 0.391 e. The van der Waals surface area contributed by atoms with Gasteiger partial charge in [-0.3, -0.25) is 0 Å². The molecule has 3 heteroatoms. The molecule has 2 rings (SSSR count). The van der Waals surface area contributed by atoms with Gasteiger partial charge in [-0.15, -0.1) is 0 Å². The van der Waals surface area contributed by atoms with Gasteiger partial charge in [0, 0.05) is 5.02 Å². The van der Waals surface area contributed by atoms with E-state index in [2.05, 4.69) is 0 Å². The van der Waals surface area contributed by atoms with Gasteiger partial charge in [0.2, 0.25) is 0 Å². The van der Waals surface area contributed by atoms with Gasteiger partial charge in [-0.2, -0.15) is 0 Å². The van der Waals surface area contributed by atoms with E-state index in [4.69, 9.17) is 17.3 Å². The third-order valence-electron chi connectivity index (χ3n) is 2.62. The summed E-state index contributed by atoms with van der Waals surface area (Å²) in [5.74, 6) is 0. The van der Waals surface area contributed by atoms with Crippen LogP contribution in [0.4, 0.5) is 0 Å². The highest BCUT2D eigenvalue weighted by atomic mass is 35.5. The van der Waals surface area contributed by atoms with Crippen molar-refractivity contribution in [2.24, 2.45) is 5.73 Å². The summed E-state index contributed by atoms with van der Waals surface area (Å²) in [5, 5.41) is 10.3. The van der Waals surface area contributed by atoms with Crippen LogP contribution in [-0.4, -0.2) is 11.2 Å². The predicted octanol–water partition coefficient (Wildman–Crippen LogP) is 1.65. The van der Waals surface area contributed by atoms with Crippen molar-refractivity contribution in [3.8, 4) is 0 Å². The molecule has 1 aliphatic rings. The van der Waals surface area contributed by atoms with Crippen molar-refractivity contribution in [3.63, 3.8) is 0 Å². The molecule has 0 saturated heterocycles. The number of fused-ring (bicyclic) bond motifs is 1. The Morgan fingerprint density at radius 1 is 1.46 bits per heavy atom. The van der Waals surface area contributed by atoms with Crippen LogP contribution in [-0.2, 0) is 6.42 Å². The molecule has 1 aliphatic carbocycles. The number of benzene rings is 1. The number of aliphatic hydroxyl groups excluding tert-OH is 1. The molecule has 1 aromatic rings. The van der Waals surface area contributed by atoms with E-state index in [1.165, 1.54) is 0 Å². The van der Waals surface area contributed by atoms with Crippen molar-refractivity contribution in [1.82, 2.24) is 0 Å². The maximum atomic E-state index is 9.55. The molecule has 0 aliphatic heterocycles. The van der Waals surface area contributed by atoms with Crippen LogP contribution in [0.25, 0.3) is 0 Å². The lowest BCUT2D eigenvalue weighted by molar-refractivity contribution is 0.128. The highest BCUT2D eigenvalue weighted by Crippen LogP contribution is 2.32. The van der Waals surface area contributed by atoms with Gasteiger partial charge in [0.1, 0.15) is 0 Å². The van der Waals surface area contributed by atoms with E-state index in [0.29, 0.717) is 6.42 Å². The molecule has 0 amide bonds. The van der Waals surface area contributed by atoms with Crippen molar-refractivity contribution in [1.29, 1.82) is 0 Å². The Morgan fingerprint density at radius 2 is 2.23 bits per heavy atom. The summed E-state index contributed by atoms with van der Waals surface area (Å²) in [6.07, 6.45) is 1.10. The lowest BCUT2D eigenvalue weighted by Crippen LogP contribution is -2.31. The molecule has 13 heavy (non-hydrogen) atoms. The van der Waals surface area contributed by atoms with E-state index < -0.39 is 6.10 Å². The van der Waals surface area contributed by atoms with Gasteiger partial charge in [-0.1, -0.05) is 23.7 Å². The normalized spacial score (nSPS) is 27.0. The van der Waals surface area contributed by atoms with Gasteiger partial charge in [0.15, 0.2) is 0 Å². The Bertz CT molecular complexity index is 327. The summed E-state index contributed by atoms with van der Waals surface area (Å²) >= 11 is 6.02. The van der Waals surface area contributed by atoms with Crippen LogP contribution in [0.15, 0.2) is 18.2 Å². The Labute approximate surface area is 82.3 Å². The van der Waals surface area contributed by atoms with Crippen LogP contribution in [0, 0.1) is 0 Å². The zero-order chi connectivity index (χ0) is 9.42. The minimum Gasteiger partial charge on any atom is -0.391 e. The van der Waals surface area contributed by atoms with Crippen LogP contribution in [0.1, 0.15) is 23.6 Å². The first-order chi connectivity index (χ1) is 6.20. The monoisotopic (exact) mass is 197 g/mol. The van der Waals surface area contributed by atoms with Gasteiger partial charge < -0.3 is 10.8 Å². The molecular formula is C10H12ClNO. The van der Waals surface area contributed by atoms with Gasteiger partial charge >= 0.3 is 0 Å². The molecule has 0 heterocycles. The predicted molar refractivity (Wildman–Crippen MR) is 52.7 cm³/mol. The molecular weight excluding hydrogens is 186 g/mol. The Kier molecular flexibility index (Phi) is 2.28. The van der Waals surface area contributed by atoms with Crippen molar-refractivity contribution >= 4 is 11.6 Å². The van der Waals surface area contributed by atoms with Crippen molar-refractivity contribution < 1.29 is 5.11 Å². The van der Waals surface area contributed by atoms with E-state index >= 15 is 0 Å². The number of halogens is 1. The molecule has 3 N–H and O–H groups in total. The average molecular weight is 198 g/mol. The van der Waals surface area contributed by atoms with Crippen LogP contribution in [0.5, 0.6) is 0 Å². The topological polar surface area (TPSA) is 46.2 Å². The molecule has 0 aromatic heterocycles. The zero-order valence-corrected chi connectivity index (χ0v) is 7.96. The Morgan fingerprint density at radius 3 is 3.00 bits per heavy atom. The molecule has 2 unspecified atom stereocenters. The van der Waals surface area contributed by atoms with Crippen LogP contribution in [0.3, 0.4) is 0 Å². The zero-order valence-electron chi connectivity index (χ0n) is 7.20. The number of hydrogen-bond donors (Lipinski definition) is 2. The molecule has 1 aromatic carbocycles. The summed E-state index contributed by atoms with van der Waals surface area (Å²) in [6, 6.07) is 5.40. The highest BCUT2D eigenvalue weighted by molar-refractivity contribution is 6.31. The van der Waals surface area contributed by atoms with Crippen LogP contribution >= 0.6 is 11.6 Å². The van der Waals surface area contributed by atoms with Crippen LogP contribution < -0.4 is 5.73 Å².